The Morgan fingerprint density at radius 1 is 1.15 bits per heavy atom. The van der Waals surface area contributed by atoms with Gasteiger partial charge in [0, 0.05) is 10.6 Å². The van der Waals surface area contributed by atoms with Crippen LogP contribution in [0.3, 0.4) is 0 Å². The molecule has 0 fully saturated rings. The Labute approximate surface area is 122 Å². The van der Waals surface area contributed by atoms with E-state index in [0.29, 0.717) is 16.1 Å². The summed E-state index contributed by atoms with van der Waals surface area (Å²) in [7, 11) is 0. The molecule has 20 heavy (non-hydrogen) atoms. The van der Waals surface area contributed by atoms with Crippen molar-refractivity contribution in [2.45, 2.75) is 13.0 Å². The molecule has 1 unspecified atom stereocenters. The van der Waals surface area contributed by atoms with Gasteiger partial charge in [-0.25, -0.2) is 0 Å². The van der Waals surface area contributed by atoms with Crippen LogP contribution >= 0.6 is 11.6 Å². The second kappa shape index (κ2) is 6.23. The lowest BCUT2D eigenvalue weighted by Gasteiger charge is -2.14. The Kier molecular flexibility index (Phi) is 4.39. The second-order valence-electron chi connectivity index (χ2n) is 4.44. The van der Waals surface area contributed by atoms with Gasteiger partial charge in [0.25, 0.3) is 5.91 Å². The summed E-state index contributed by atoms with van der Waals surface area (Å²) >= 11 is 5.79. The number of rotatable bonds is 3. The third kappa shape index (κ3) is 3.37. The smallest absolute Gasteiger partial charge is 0.251 e. The molecule has 0 spiro atoms. The number of carbonyl (C=O) groups excluding carboxylic acids is 1. The van der Waals surface area contributed by atoms with Crippen LogP contribution in [0.15, 0.2) is 48.5 Å². The summed E-state index contributed by atoms with van der Waals surface area (Å²) in [5, 5.41) is 12.3. The lowest BCUT2D eigenvalue weighted by Crippen LogP contribution is -2.26. The van der Waals surface area contributed by atoms with E-state index < -0.39 is 0 Å². The van der Waals surface area contributed by atoms with E-state index in [1.54, 1.807) is 36.4 Å². The van der Waals surface area contributed by atoms with E-state index in [4.69, 9.17) is 16.9 Å². The van der Waals surface area contributed by atoms with Crippen LogP contribution in [0.1, 0.15) is 34.5 Å². The molecule has 0 aromatic heterocycles. The average Bonchev–Trinajstić information content (AvgIpc) is 2.48. The van der Waals surface area contributed by atoms with E-state index in [0.717, 1.165) is 5.56 Å². The molecule has 0 saturated heterocycles. The number of nitriles is 1. The molecule has 0 aliphatic rings. The van der Waals surface area contributed by atoms with Crippen LogP contribution in [-0.4, -0.2) is 5.91 Å². The maximum absolute atomic E-state index is 12.1. The Balaban J connectivity index is 2.06. The van der Waals surface area contributed by atoms with Gasteiger partial charge in [-0.2, -0.15) is 5.26 Å². The quantitative estimate of drug-likeness (QED) is 0.934. The first-order chi connectivity index (χ1) is 9.60. The lowest BCUT2D eigenvalue weighted by atomic mass is 10.1. The van der Waals surface area contributed by atoms with Gasteiger partial charge in [-0.3, -0.25) is 4.79 Å². The highest BCUT2D eigenvalue weighted by Gasteiger charge is 2.11. The van der Waals surface area contributed by atoms with Crippen molar-refractivity contribution in [1.82, 2.24) is 5.32 Å². The Bertz CT molecular complexity index is 642. The molecule has 0 aliphatic carbocycles. The molecular formula is C16H13ClN2O. The fourth-order valence-electron chi connectivity index (χ4n) is 1.81. The van der Waals surface area contributed by atoms with Crippen LogP contribution in [0.4, 0.5) is 0 Å². The fraction of sp³-hybridized carbons (Fsp3) is 0.125. The largest absolute Gasteiger partial charge is 0.346 e. The van der Waals surface area contributed by atoms with Gasteiger partial charge < -0.3 is 5.32 Å². The monoisotopic (exact) mass is 284 g/mol. The minimum Gasteiger partial charge on any atom is -0.346 e. The molecule has 2 aromatic carbocycles. The molecule has 100 valence electrons. The summed E-state index contributed by atoms with van der Waals surface area (Å²) in [5.74, 6) is -0.154. The standard InChI is InChI=1S/C16H13ClN2O/c1-11(13-4-2-12(10-18)3-5-13)19-16(20)14-6-8-15(17)9-7-14/h2-9,11H,1H3,(H,19,20). The minimum absolute atomic E-state index is 0.133. The number of benzene rings is 2. The third-order valence-corrected chi connectivity index (χ3v) is 3.25. The zero-order valence-corrected chi connectivity index (χ0v) is 11.7. The summed E-state index contributed by atoms with van der Waals surface area (Å²) in [6.45, 7) is 1.90. The molecule has 1 amide bonds. The van der Waals surface area contributed by atoms with Gasteiger partial charge in [0.2, 0.25) is 0 Å². The molecule has 0 aliphatic heterocycles. The molecule has 0 saturated carbocycles. The maximum atomic E-state index is 12.1. The highest BCUT2D eigenvalue weighted by molar-refractivity contribution is 6.30. The Morgan fingerprint density at radius 2 is 1.75 bits per heavy atom. The van der Waals surface area contributed by atoms with Gasteiger partial charge in [-0.15, -0.1) is 0 Å². The van der Waals surface area contributed by atoms with Gasteiger partial charge in [-0.05, 0) is 48.9 Å². The Morgan fingerprint density at radius 3 is 2.30 bits per heavy atom. The zero-order chi connectivity index (χ0) is 14.5. The number of nitrogens with zero attached hydrogens (tertiary/aromatic N) is 1. The van der Waals surface area contributed by atoms with E-state index >= 15 is 0 Å². The zero-order valence-electron chi connectivity index (χ0n) is 10.9. The maximum Gasteiger partial charge on any atom is 0.251 e. The summed E-state index contributed by atoms with van der Waals surface area (Å²) in [5.41, 5.74) is 2.12. The first kappa shape index (κ1) is 14.1. The van der Waals surface area contributed by atoms with Crippen LogP contribution in [-0.2, 0) is 0 Å². The van der Waals surface area contributed by atoms with E-state index in [9.17, 15) is 4.79 Å². The molecule has 0 bridgehead atoms. The van der Waals surface area contributed by atoms with Gasteiger partial charge in [0.1, 0.15) is 0 Å². The lowest BCUT2D eigenvalue weighted by molar-refractivity contribution is 0.0940. The van der Waals surface area contributed by atoms with Crippen molar-refractivity contribution < 1.29 is 4.79 Å². The van der Waals surface area contributed by atoms with Crippen molar-refractivity contribution in [2.24, 2.45) is 0 Å². The Hall–Kier alpha value is -2.31. The van der Waals surface area contributed by atoms with Gasteiger partial charge >= 0.3 is 0 Å². The predicted octanol–water partition coefficient (Wildman–Crippen LogP) is 3.70. The van der Waals surface area contributed by atoms with Crippen molar-refractivity contribution in [2.75, 3.05) is 0 Å². The van der Waals surface area contributed by atoms with Crippen LogP contribution in [0.2, 0.25) is 5.02 Å². The van der Waals surface area contributed by atoms with Crippen molar-refractivity contribution in [3.8, 4) is 6.07 Å². The van der Waals surface area contributed by atoms with Gasteiger partial charge in [-0.1, -0.05) is 23.7 Å². The highest BCUT2D eigenvalue weighted by atomic mass is 35.5. The van der Waals surface area contributed by atoms with E-state index in [-0.39, 0.29) is 11.9 Å². The second-order valence-corrected chi connectivity index (χ2v) is 4.87. The van der Waals surface area contributed by atoms with Crippen LogP contribution in [0.5, 0.6) is 0 Å². The van der Waals surface area contributed by atoms with E-state index in [1.807, 2.05) is 19.1 Å². The summed E-state index contributed by atoms with van der Waals surface area (Å²) in [6.07, 6.45) is 0. The molecule has 1 N–H and O–H groups in total. The normalized spacial score (nSPS) is 11.4. The minimum atomic E-state index is -0.154. The molecule has 3 nitrogen and oxygen atoms in total. The van der Waals surface area contributed by atoms with Crippen molar-refractivity contribution >= 4 is 17.5 Å². The fourth-order valence-corrected chi connectivity index (χ4v) is 1.94. The van der Waals surface area contributed by atoms with Crippen LogP contribution < -0.4 is 5.32 Å². The molecular weight excluding hydrogens is 272 g/mol. The molecule has 2 aromatic rings. The first-order valence-corrected chi connectivity index (χ1v) is 6.54. The molecule has 4 heteroatoms. The number of hydrogen-bond donors (Lipinski definition) is 1. The first-order valence-electron chi connectivity index (χ1n) is 6.16. The van der Waals surface area contributed by atoms with Crippen LogP contribution in [0.25, 0.3) is 0 Å². The van der Waals surface area contributed by atoms with Crippen LogP contribution in [0, 0.1) is 11.3 Å². The molecule has 0 radical (unpaired) electrons. The average molecular weight is 285 g/mol. The van der Waals surface area contributed by atoms with Gasteiger partial charge in [0.15, 0.2) is 0 Å². The molecule has 1 atom stereocenters. The molecule has 0 heterocycles. The predicted molar refractivity (Wildman–Crippen MR) is 78.5 cm³/mol. The summed E-state index contributed by atoms with van der Waals surface area (Å²) in [4.78, 5) is 12.1. The SMILES string of the molecule is CC(NC(=O)c1ccc(Cl)cc1)c1ccc(C#N)cc1. The number of carbonyl (C=O) groups is 1. The van der Waals surface area contributed by atoms with E-state index in [1.165, 1.54) is 0 Å². The van der Waals surface area contributed by atoms with Crippen molar-refractivity contribution in [3.05, 3.63) is 70.2 Å². The van der Waals surface area contributed by atoms with E-state index in [2.05, 4.69) is 11.4 Å². The summed E-state index contributed by atoms with van der Waals surface area (Å²) < 4.78 is 0. The van der Waals surface area contributed by atoms with Crippen molar-refractivity contribution in [3.63, 3.8) is 0 Å². The number of amides is 1. The summed E-state index contributed by atoms with van der Waals surface area (Å²) in [6, 6.07) is 15.8. The number of hydrogen-bond acceptors (Lipinski definition) is 2. The molecule has 2 rings (SSSR count). The van der Waals surface area contributed by atoms with Gasteiger partial charge in [0.05, 0.1) is 17.7 Å². The van der Waals surface area contributed by atoms with Crippen molar-refractivity contribution in [1.29, 1.82) is 5.26 Å². The number of halogens is 1. The number of nitrogens with one attached hydrogen (secondary N) is 1. The highest BCUT2D eigenvalue weighted by Crippen LogP contribution is 2.15. The third-order valence-electron chi connectivity index (χ3n) is 2.99. The topological polar surface area (TPSA) is 52.9 Å².